The third-order valence-corrected chi connectivity index (χ3v) is 6.24. The molecule has 1 aliphatic heterocycles. The molecule has 188 valence electrons. The molecule has 1 saturated heterocycles. The number of fused-ring (bicyclic) bond motifs is 1. The number of morpholine rings is 1. The summed E-state index contributed by atoms with van der Waals surface area (Å²) in [5.74, 6) is -0.569. The molecule has 0 aliphatic carbocycles. The van der Waals surface area contributed by atoms with E-state index in [1.807, 2.05) is 24.3 Å². The Labute approximate surface area is 213 Å². The molecule has 5 N–H and O–H groups in total. The maximum Gasteiger partial charge on any atom is 0.247 e. The van der Waals surface area contributed by atoms with Crippen LogP contribution in [-0.4, -0.2) is 47.1 Å². The SMILES string of the molecule is C=CC(=O)Nc1ccnc(-c2c(F)ccc3cnc(Nc4ccc([C@@]5(CN)CNCCO5)cc4)nc23)c1. The number of halogens is 1. The number of ether oxygens (including phenoxy) is 1. The summed E-state index contributed by atoms with van der Waals surface area (Å²) in [5, 5.41) is 9.82. The first-order valence-electron chi connectivity index (χ1n) is 11.8. The van der Waals surface area contributed by atoms with Gasteiger partial charge >= 0.3 is 0 Å². The first kappa shape index (κ1) is 24.4. The maximum absolute atomic E-state index is 15.1. The van der Waals surface area contributed by atoms with Crippen LogP contribution in [0.4, 0.5) is 21.7 Å². The van der Waals surface area contributed by atoms with Crippen molar-refractivity contribution >= 4 is 34.1 Å². The third-order valence-electron chi connectivity index (χ3n) is 6.24. The third kappa shape index (κ3) is 5.03. The fourth-order valence-corrected chi connectivity index (χ4v) is 4.30. The molecule has 10 heteroatoms. The first-order chi connectivity index (χ1) is 18.0. The number of pyridine rings is 1. The second-order valence-electron chi connectivity index (χ2n) is 8.60. The van der Waals surface area contributed by atoms with Crippen LogP contribution in [0, 0.1) is 5.82 Å². The van der Waals surface area contributed by atoms with Gasteiger partial charge in [-0.15, -0.1) is 0 Å². The van der Waals surface area contributed by atoms with Crippen LogP contribution in [0.5, 0.6) is 0 Å². The molecule has 0 unspecified atom stereocenters. The largest absolute Gasteiger partial charge is 0.366 e. The van der Waals surface area contributed by atoms with Gasteiger partial charge in [-0.2, -0.15) is 0 Å². The van der Waals surface area contributed by atoms with Crippen molar-refractivity contribution in [3.05, 3.63) is 85.0 Å². The Hall–Kier alpha value is -4.25. The van der Waals surface area contributed by atoms with Gasteiger partial charge in [-0.3, -0.25) is 9.78 Å². The van der Waals surface area contributed by atoms with Crippen LogP contribution in [0.25, 0.3) is 22.2 Å². The van der Waals surface area contributed by atoms with Gasteiger partial charge in [0, 0.05) is 48.8 Å². The van der Waals surface area contributed by atoms with E-state index in [9.17, 15) is 4.79 Å². The van der Waals surface area contributed by atoms with Crippen molar-refractivity contribution < 1.29 is 13.9 Å². The van der Waals surface area contributed by atoms with Crippen molar-refractivity contribution in [2.45, 2.75) is 5.60 Å². The Kier molecular flexibility index (Phi) is 6.87. The fraction of sp³-hybridized carbons (Fsp3) is 0.185. The predicted molar refractivity (Wildman–Crippen MR) is 141 cm³/mol. The van der Waals surface area contributed by atoms with E-state index in [0.717, 1.165) is 23.9 Å². The fourth-order valence-electron chi connectivity index (χ4n) is 4.30. The molecule has 0 bridgehead atoms. The van der Waals surface area contributed by atoms with E-state index in [4.69, 9.17) is 10.5 Å². The molecule has 0 radical (unpaired) electrons. The summed E-state index contributed by atoms with van der Waals surface area (Å²) in [4.78, 5) is 25.0. The van der Waals surface area contributed by atoms with Gasteiger partial charge in [0.1, 0.15) is 11.4 Å². The quantitative estimate of drug-likeness (QED) is 0.285. The Bertz CT molecular complexity index is 1450. The molecular weight excluding hydrogens is 473 g/mol. The van der Waals surface area contributed by atoms with Crippen molar-refractivity contribution in [1.82, 2.24) is 20.3 Å². The highest BCUT2D eigenvalue weighted by atomic mass is 19.1. The lowest BCUT2D eigenvalue weighted by atomic mass is 9.92. The maximum atomic E-state index is 15.1. The predicted octanol–water partition coefficient (Wildman–Crippen LogP) is 3.47. The highest BCUT2D eigenvalue weighted by molar-refractivity contribution is 6.00. The number of hydrogen-bond donors (Lipinski definition) is 4. The summed E-state index contributed by atoms with van der Waals surface area (Å²) in [5.41, 5.74) is 8.59. The second kappa shape index (κ2) is 10.4. The number of benzene rings is 2. The summed E-state index contributed by atoms with van der Waals surface area (Å²) < 4.78 is 21.1. The van der Waals surface area contributed by atoms with Crippen LogP contribution in [0.3, 0.4) is 0 Å². The average Bonchev–Trinajstić information content (AvgIpc) is 2.93. The number of nitrogens with one attached hydrogen (secondary N) is 3. The number of carbonyl (C=O) groups excluding carboxylic acids is 1. The van der Waals surface area contributed by atoms with Crippen molar-refractivity contribution in [2.24, 2.45) is 5.73 Å². The van der Waals surface area contributed by atoms with Crippen LogP contribution in [0.1, 0.15) is 5.56 Å². The molecule has 0 saturated carbocycles. The molecule has 2 aromatic carbocycles. The lowest BCUT2D eigenvalue weighted by molar-refractivity contribution is -0.111. The lowest BCUT2D eigenvalue weighted by Crippen LogP contribution is -2.51. The zero-order chi connectivity index (χ0) is 25.8. The molecule has 1 fully saturated rings. The van der Waals surface area contributed by atoms with Gasteiger partial charge in [-0.1, -0.05) is 18.7 Å². The Morgan fingerprint density at radius 3 is 2.76 bits per heavy atom. The highest BCUT2D eigenvalue weighted by Crippen LogP contribution is 2.32. The topological polar surface area (TPSA) is 127 Å². The monoisotopic (exact) mass is 499 g/mol. The minimum atomic E-state index is -0.560. The number of amides is 1. The molecule has 3 heterocycles. The van der Waals surface area contributed by atoms with Gasteiger partial charge in [0.25, 0.3) is 0 Å². The smallest absolute Gasteiger partial charge is 0.247 e. The zero-order valence-electron chi connectivity index (χ0n) is 20.0. The lowest BCUT2D eigenvalue weighted by Gasteiger charge is -2.37. The Morgan fingerprint density at radius 1 is 1.19 bits per heavy atom. The number of aromatic nitrogens is 3. The number of rotatable bonds is 7. The second-order valence-corrected chi connectivity index (χ2v) is 8.60. The summed E-state index contributed by atoms with van der Waals surface area (Å²) in [7, 11) is 0. The molecule has 1 atom stereocenters. The van der Waals surface area contributed by atoms with E-state index in [1.54, 1.807) is 24.4 Å². The number of carbonyl (C=O) groups is 1. The first-order valence-corrected chi connectivity index (χ1v) is 11.8. The summed E-state index contributed by atoms with van der Waals surface area (Å²) in [6, 6.07) is 13.9. The van der Waals surface area contributed by atoms with E-state index < -0.39 is 11.4 Å². The average molecular weight is 500 g/mol. The molecule has 2 aromatic heterocycles. The molecule has 4 aromatic rings. The van der Waals surface area contributed by atoms with Crippen LogP contribution in [-0.2, 0) is 15.1 Å². The van der Waals surface area contributed by atoms with Crippen molar-refractivity contribution in [1.29, 1.82) is 0 Å². The Balaban J connectivity index is 1.46. The van der Waals surface area contributed by atoms with Crippen LogP contribution < -0.4 is 21.7 Å². The van der Waals surface area contributed by atoms with Gasteiger partial charge in [0.05, 0.1) is 23.4 Å². The number of nitrogens with zero attached hydrogens (tertiary/aromatic N) is 3. The van der Waals surface area contributed by atoms with Crippen LogP contribution in [0.15, 0.2) is 73.6 Å². The Morgan fingerprint density at radius 2 is 2.03 bits per heavy atom. The number of anilines is 3. The van der Waals surface area contributed by atoms with E-state index in [1.165, 1.54) is 12.3 Å². The number of nitrogens with two attached hydrogens (primary N) is 1. The zero-order valence-corrected chi connectivity index (χ0v) is 20.0. The molecule has 9 nitrogen and oxygen atoms in total. The van der Waals surface area contributed by atoms with Gasteiger partial charge in [0.2, 0.25) is 11.9 Å². The highest BCUT2D eigenvalue weighted by Gasteiger charge is 2.33. The molecule has 1 aliphatic rings. The molecule has 1 amide bonds. The van der Waals surface area contributed by atoms with E-state index in [-0.39, 0.29) is 11.5 Å². The molecule has 5 rings (SSSR count). The van der Waals surface area contributed by atoms with Crippen molar-refractivity contribution in [2.75, 3.05) is 36.9 Å². The van der Waals surface area contributed by atoms with Crippen molar-refractivity contribution in [3.63, 3.8) is 0 Å². The van der Waals surface area contributed by atoms with Gasteiger partial charge in [-0.05, 0) is 48.0 Å². The molecule has 37 heavy (non-hydrogen) atoms. The molecular formula is C27H26FN7O2. The molecule has 0 spiro atoms. The summed E-state index contributed by atoms with van der Waals surface area (Å²) in [6.45, 7) is 5.85. The van der Waals surface area contributed by atoms with Gasteiger partial charge in [0.15, 0.2) is 0 Å². The van der Waals surface area contributed by atoms with E-state index >= 15 is 4.39 Å². The van der Waals surface area contributed by atoms with Crippen LogP contribution in [0.2, 0.25) is 0 Å². The summed E-state index contributed by atoms with van der Waals surface area (Å²) in [6.07, 6.45) is 4.27. The minimum absolute atomic E-state index is 0.208. The van der Waals surface area contributed by atoms with E-state index in [0.29, 0.717) is 47.9 Å². The number of hydrogen-bond acceptors (Lipinski definition) is 8. The normalized spacial score (nSPS) is 17.4. The van der Waals surface area contributed by atoms with Gasteiger partial charge < -0.3 is 26.4 Å². The van der Waals surface area contributed by atoms with Gasteiger partial charge in [-0.25, -0.2) is 14.4 Å². The van der Waals surface area contributed by atoms with Crippen LogP contribution >= 0.6 is 0 Å². The van der Waals surface area contributed by atoms with E-state index in [2.05, 4.69) is 37.5 Å². The summed E-state index contributed by atoms with van der Waals surface area (Å²) >= 11 is 0. The minimum Gasteiger partial charge on any atom is -0.366 e. The standard InChI is InChI=1S/C27H26FN7O2/c1-2-23(36)33-20-9-10-31-22(13-20)24-21(28)8-3-17-14-32-26(35-25(17)24)34-19-6-4-18(5-7-19)27(15-29)16-30-11-12-37-27/h2-10,13-14,30H,1,11-12,15-16,29H2,(H,31,33,36)(H,32,34,35)/t27-/m1/s1. The van der Waals surface area contributed by atoms with Crippen molar-refractivity contribution in [3.8, 4) is 11.3 Å².